The number of hydrogen-bond donors (Lipinski definition) is 0. The van der Waals surface area contributed by atoms with Crippen LogP contribution in [0.25, 0.3) is 0 Å². The molecule has 0 aromatic heterocycles. The van der Waals surface area contributed by atoms with Crippen molar-refractivity contribution in [2.24, 2.45) is 0 Å². The molecule has 0 radical (unpaired) electrons. The van der Waals surface area contributed by atoms with Crippen LogP contribution < -0.4 is 0 Å². The number of hydrogen-bond acceptors (Lipinski definition) is 1. The maximum atomic E-state index is 9.83. The third-order valence-electron chi connectivity index (χ3n) is 0.831. The summed E-state index contributed by atoms with van der Waals surface area (Å²) in [6.45, 7) is 1.94. The number of rotatable bonds is 3. The Balaban J connectivity index is 3.44. The fourth-order valence-electron chi connectivity index (χ4n) is 0.346. The summed E-state index contributed by atoms with van der Waals surface area (Å²) in [7, 11) is 0. The third kappa shape index (κ3) is 4.06. The van der Waals surface area contributed by atoms with Crippen LogP contribution in [-0.4, -0.2) is 11.6 Å². The summed E-state index contributed by atoms with van der Waals surface area (Å²) in [5.41, 5.74) is 1.12. The highest BCUT2D eigenvalue weighted by atomic mass is 79.9. The van der Waals surface area contributed by atoms with Gasteiger partial charge >= 0.3 is 0 Å². The van der Waals surface area contributed by atoms with Crippen LogP contribution in [0.15, 0.2) is 11.6 Å². The van der Waals surface area contributed by atoms with Gasteiger partial charge in [0.25, 0.3) is 0 Å². The molecule has 0 saturated heterocycles. The zero-order valence-electron chi connectivity index (χ0n) is 4.86. The highest BCUT2D eigenvalue weighted by molar-refractivity contribution is 9.09. The predicted molar refractivity (Wildman–Crippen MR) is 38.2 cm³/mol. The van der Waals surface area contributed by atoms with Gasteiger partial charge in [0.1, 0.15) is 6.29 Å². The summed E-state index contributed by atoms with van der Waals surface area (Å²) in [6.07, 6.45) is 3.45. The van der Waals surface area contributed by atoms with Crippen LogP contribution >= 0.6 is 15.9 Å². The third-order valence-corrected chi connectivity index (χ3v) is 1.15. The normalized spacial score (nSPS) is 11.5. The molecule has 2 heteroatoms. The molecule has 0 N–H and O–H groups in total. The minimum absolute atomic E-state index is 0.561. The Hall–Kier alpha value is -0.110. The van der Waals surface area contributed by atoms with Crippen LogP contribution in [0.3, 0.4) is 0 Å². The maximum Gasteiger partial charge on any atom is 0.124 e. The molecule has 0 aliphatic rings. The lowest BCUT2D eigenvalue weighted by molar-refractivity contribution is -0.107. The van der Waals surface area contributed by atoms with Gasteiger partial charge in [0.2, 0.25) is 0 Å². The number of allylic oxidation sites excluding steroid dienone is 2. The van der Waals surface area contributed by atoms with E-state index in [0.717, 1.165) is 17.2 Å². The zero-order chi connectivity index (χ0) is 6.41. The summed E-state index contributed by atoms with van der Waals surface area (Å²) in [6, 6.07) is 0. The standard InChI is InChI=1S/C6H9BrO/c1-6(2-4-7)3-5-8/h2,5H,3-4H2,1H3. The average molecular weight is 177 g/mol. The molecule has 0 aliphatic heterocycles. The van der Waals surface area contributed by atoms with Crippen molar-refractivity contribution in [2.45, 2.75) is 13.3 Å². The molecule has 0 spiro atoms. The highest BCUT2D eigenvalue weighted by Crippen LogP contribution is 1.96. The number of aldehydes is 1. The largest absolute Gasteiger partial charge is 0.303 e. The first-order chi connectivity index (χ1) is 3.81. The highest BCUT2D eigenvalue weighted by Gasteiger charge is 1.82. The Bertz CT molecular complexity index is 96.7. The minimum Gasteiger partial charge on any atom is -0.303 e. The van der Waals surface area contributed by atoms with Crippen molar-refractivity contribution in [2.75, 3.05) is 5.33 Å². The van der Waals surface area contributed by atoms with Crippen LogP contribution in [0.2, 0.25) is 0 Å². The Morgan fingerprint density at radius 2 is 2.38 bits per heavy atom. The maximum absolute atomic E-state index is 9.83. The molecule has 0 saturated carbocycles. The lowest BCUT2D eigenvalue weighted by Gasteiger charge is -1.87. The summed E-state index contributed by atoms with van der Waals surface area (Å²) < 4.78 is 0. The second-order valence-electron chi connectivity index (χ2n) is 1.58. The Morgan fingerprint density at radius 1 is 1.75 bits per heavy atom. The van der Waals surface area contributed by atoms with Gasteiger partial charge in [0, 0.05) is 11.8 Å². The van der Waals surface area contributed by atoms with Crippen LogP contribution in [0.4, 0.5) is 0 Å². The van der Waals surface area contributed by atoms with E-state index in [4.69, 9.17) is 0 Å². The SMILES string of the molecule is CC(=CCBr)CC=O. The molecule has 46 valence electrons. The number of carbonyl (C=O) groups is 1. The van der Waals surface area contributed by atoms with Gasteiger partial charge in [0.15, 0.2) is 0 Å². The van der Waals surface area contributed by atoms with Gasteiger partial charge in [-0.3, -0.25) is 0 Å². The van der Waals surface area contributed by atoms with Crippen LogP contribution in [0.5, 0.6) is 0 Å². The van der Waals surface area contributed by atoms with Crippen LogP contribution in [0, 0.1) is 0 Å². The lowest BCUT2D eigenvalue weighted by Crippen LogP contribution is -1.77. The molecular formula is C6H9BrO. The van der Waals surface area contributed by atoms with Gasteiger partial charge in [-0.15, -0.1) is 0 Å². The van der Waals surface area contributed by atoms with E-state index < -0.39 is 0 Å². The minimum atomic E-state index is 0.561. The topological polar surface area (TPSA) is 17.1 Å². The number of carbonyl (C=O) groups excluding carboxylic acids is 1. The molecule has 0 fully saturated rings. The zero-order valence-corrected chi connectivity index (χ0v) is 6.44. The molecule has 0 aromatic rings. The van der Waals surface area contributed by atoms with Crippen molar-refractivity contribution in [3.8, 4) is 0 Å². The monoisotopic (exact) mass is 176 g/mol. The molecule has 0 atom stereocenters. The first kappa shape index (κ1) is 7.89. The molecule has 0 heterocycles. The molecule has 0 bridgehead atoms. The Labute approximate surface area is 57.9 Å². The van der Waals surface area contributed by atoms with Crippen LogP contribution in [-0.2, 0) is 4.79 Å². The molecule has 8 heavy (non-hydrogen) atoms. The van der Waals surface area contributed by atoms with E-state index in [9.17, 15) is 4.79 Å². The Morgan fingerprint density at radius 3 is 2.75 bits per heavy atom. The fraction of sp³-hybridized carbons (Fsp3) is 0.500. The van der Waals surface area contributed by atoms with E-state index in [1.807, 2.05) is 13.0 Å². The first-order valence-corrected chi connectivity index (χ1v) is 3.58. The molecule has 0 aliphatic carbocycles. The van der Waals surface area contributed by atoms with Crippen molar-refractivity contribution in [3.05, 3.63) is 11.6 Å². The molecule has 0 rings (SSSR count). The van der Waals surface area contributed by atoms with Crippen molar-refractivity contribution in [1.29, 1.82) is 0 Å². The van der Waals surface area contributed by atoms with Gasteiger partial charge in [0.05, 0.1) is 0 Å². The van der Waals surface area contributed by atoms with Crippen molar-refractivity contribution in [3.63, 3.8) is 0 Å². The average Bonchev–Trinajstić information content (AvgIpc) is 1.68. The van der Waals surface area contributed by atoms with Gasteiger partial charge < -0.3 is 4.79 Å². The molecular weight excluding hydrogens is 168 g/mol. The summed E-state index contributed by atoms with van der Waals surface area (Å²) in [4.78, 5) is 9.83. The lowest BCUT2D eigenvalue weighted by atomic mass is 10.2. The second kappa shape index (κ2) is 5.04. The van der Waals surface area contributed by atoms with E-state index in [1.165, 1.54) is 0 Å². The quantitative estimate of drug-likeness (QED) is 0.365. The molecule has 0 amide bonds. The van der Waals surface area contributed by atoms with Crippen molar-refractivity contribution in [1.82, 2.24) is 0 Å². The molecule has 0 unspecified atom stereocenters. The smallest absolute Gasteiger partial charge is 0.124 e. The summed E-state index contributed by atoms with van der Waals surface area (Å²) in [5.74, 6) is 0. The summed E-state index contributed by atoms with van der Waals surface area (Å²) >= 11 is 3.23. The van der Waals surface area contributed by atoms with Gasteiger partial charge in [-0.1, -0.05) is 27.6 Å². The predicted octanol–water partition coefficient (Wildman–Crippen LogP) is 1.92. The first-order valence-electron chi connectivity index (χ1n) is 2.46. The van der Waals surface area contributed by atoms with Crippen molar-refractivity contribution >= 4 is 22.2 Å². The van der Waals surface area contributed by atoms with E-state index in [0.29, 0.717) is 6.42 Å². The van der Waals surface area contributed by atoms with E-state index in [2.05, 4.69) is 15.9 Å². The molecule has 0 aromatic carbocycles. The number of alkyl halides is 1. The van der Waals surface area contributed by atoms with E-state index >= 15 is 0 Å². The summed E-state index contributed by atoms with van der Waals surface area (Å²) in [5, 5.41) is 0.840. The molecule has 1 nitrogen and oxygen atoms in total. The number of halogens is 1. The van der Waals surface area contributed by atoms with Crippen molar-refractivity contribution < 1.29 is 4.79 Å². The van der Waals surface area contributed by atoms with Gasteiger partial charge in [-0.05, 0) is 6.92 Å². The second-order valence-corrected chi connectivity index (χ2v) is 2.22. The van der Waals surface area contributed by atoms with E-state index in [-0.39, 0.29) is 0 Å². The van der Waals surface area contributed by atoms with E-state index in [1.54, 1.807) is 0 Å². The van der Waals surface area contributed by atoms with Gasteiger partial charge in [-0.25, -0.2) is 0 Å². The van der Waals surface area contributed by atoms with Gasteiger partial charge in [-0.2, -0.15) is 0 Å². The fourth-order valence-corrected chi connectivity index (χ4v) is 0.899. The Kier molecular flexibility index (Phi) is 4.97. The van der Waals surface area contributed by atoms with Crippen LogP contribution in [0.1, 0.15) is 13.3 Å².